The summed E-state index contributed by atoms with van der Waals surface area (Å²) in [5, 5.41) is 2.02. The van der Waals surface area contributed by atoms with Crippen LogP contribution in [0, 0.1) is 3.57 Å². The summed E-state index contributed by atoms with van der Waals surface area (Å²) < 4.78 is 2.05. The van der Waals surface area contributed by atoms with Gasteiger partial charge in [-0.1, -0.05) is 0 Å². The minimum absolute atomic E-state index is 0.588. The van der Waals surface area contributed by atoms with Gasteiger partial charge < -0.3 is 5.73 Å². The van der Waals surface area contributed by atoms with E-state index >= 15 is 0 Å². The molecule has 2 aromatic rings. The van der Waals surface area contributed by atoms with Crippen molar-refractivity contribution >= 4 is 55.7 Å². The van der Waals surface area contributed by atoms with Crippen LogP contribution in [-0.4, -0.2) is 9.97 Å². The lowest BCUT2D eigenvalue weighted by Gasteiger charge is -2.07. The largest absolute Gasteiger partial charge is 0.383 e. The summed E-state index contributed by atoms with van der Waals surface area (Å²) >= 11 is 7.38. The first kappa shape index (κ1) is 11.9. The van der Waals surface area contributed by atoms with Crippen molar-refractivity contribution in [3.63, 3.8) is 0 Å². The van der Waals surface area contributed by atoms with Crippen LogP contribution in [0.5, 0.6) is 0 Å². The fourth-order valence-corrected chi connectivity index (χ4v) is 3.83. The van der Waals surface area contributed by atoms with Gasteiger partial charge in [-0.2, -0.15) is 0 Å². The van der Waals surface area contributed by atoms with Crippen LogP contribution in [0.25, 0.3) is 10.7 Å². The highest BCUT2D eigenvalue weighted by Crippen LogP contribution is 2.43. The van der Waals surface area contributed by atoms with E-state index in [-0.39, 0.29) is 0 Å². The summed E-state index contributed by atoms with van der Waals surface area (Å²) in [5.41, 5.74) is 7.09. The molecule has 17 heavy (non-hydrogen) atoms. The van der Waals surface area contributed by atoms with Gasteiger partial charge in [-0.3, -0.25) is 0 Å². The van der Waals surface area contributed by atoms with Gasteiger partial charge in [-0.15, -0.1) is 11.3 Å². The van der Waals surface area contributed by atoms with Gasteiger partial charge in [0.05, 0.1) is 14.1 Å². The molecule has 0 amide bonds. The summed E-state index contributed by atoms with van der Waals surface area (Å²) in [5.74, 6) is 1.93. The standard InChI is InChI=1S/C11H9BrIN3S/c12-6-3-4-17-9(6)11-15-8(5-1-2-5)7(13)10(14)16-11/h3-5H,1-2H2,(H2,14,15,16). The normalized spacial score (nSPS) is 15.2. The third-order valence-corrected chi connectivity index (χ3v) is 5.63. The van der Waals surface area contributed by atoms with E-state index in [0.29, 0.717) is 11.7 Å². The average molecular weight is 422 g/mol. The second-order valence-corrected chi connectivity index (χ2v) is 6.85. The Kier molecular flexibility index (Phi) is 3.12. The molecule has 0 bridgehead atoms. The third kappa shape index (κ3) is 2.22. The molecule has 0 aliphatic heterocycles. The van der Waals surface area contributed by atoms with E-state index in [1.807, 2.05) is 11.4 Å². The topological polar surface area (TPSA) is 51.8 Å². The maximum absolute atomic E-state index is 5.97. The average Bonchev–Trinajstić information content (AvgIpc) is 3.05. The van der Waals surface area contributed by atoms with Gasteiger partial charge >= 0.3 is 0 Å². The number of nitrogen functional groups attached to an aromatic ring is 1. The van der Waals surface area contributed by atoms with E-state index in [2.05, 4.69) is 48.5 Å². The Bertz CT molecular complexity index is 580. The molecule has 3 nitrogen and oxygen atoms in total. The number of nitrogens with zero attached hydrogens (tertiary/aromatic N) is 2. The van der Waals surface area contributed by atoms with Crippen LogP contribution in [0.15, 0.2) is 15.9 Å². The zero-order chi connectivity index (χ0) is 12.0. The second-order valence-electron chi connectivity index (χ2n) is 4.00. The zero-order valence-electron chi connectivity index (χ0n) is 8.78. The first-order valence-electron chi connectivity index (χ1n) is 5.23. The number of thiophene rings is 1. The Morgan fingerprint density at radius 1 is 1.41 bits per heavy atom. The van der Waals surface area contributed by atoms with E-state index in [0.717, 1.165) is 24.4 Å². The first-order chi connectivity index (χ1) is 8.16. The number of anilines is 1. The van der Waals surface area contributed by atoms with E-state index < -0.39 is 0 Å². The van der Waals surface area contributed by atoms with Crippen LogP contribution in [0.1, 0.15) is 24.5 Å². The molecule has 0 unspecified atom stereocenters. The molecule has 1 aliphatic carbocycles. The molecule has 1 aliphatic rings. The summed E-state index contributed by atoms with van der Waals surface area (Å²) in [6.45, 7) is 0. The predicted molar refractivity (Wildman–Crippen MR) is 82.1 cm³/mol. The van der Waals surface area contributed by atoms with Crippen LogP contribution in [0.3, 0.4) is 0 Å². The van der Waals surface area contributed by atoms with Crippen LogP contribution < -0.4 is 5.73 Å². The fraction of sp³-hybridized carbons (Fsp3) is 0.273. The molecule has 0 atom stereocenters. The number of aromatic nitrogens is 2. The number of rotatable bonds is 2. The Labute approximate surface area is 125 Å². The SMILES string of the molecule is Nc1nc(-c2sccc2Br)nc(C2CC2)c1I. The molecule has 1 saturated carbocycles. The van der Waals surface area contributed by atoms with Gasteiger partial charge in [-0.05, 0) is 62.8 Å². The highest BCUT2D eigenvalue weighted by atomic mass is 127. The molecule has 1 fully saturated rings. The van der Waals surface area contributed by atoms with Crippen molar-refractivity contribution in [3.05, 3.63) is 25.2 Å². The molecule has 0 spiro atoms. The summed E-state index contributed by atoms with van der Waals surface area (Å²) in [4.78, 5) is 10.1. The van der Waals surface area contributed by atoms with Crippen molar-refractivity contribution in [2.24, 2.45) is 0 Å². The predicted octanol–water partition coefficient (Wildman–Crippen LogP) is 4.03. The molecule has 3 rings (SSSR count). The van der Waals surface area contributed by atoms with Crippen LogP contribution in [-0.2, 0) is 0 Å². The summed E-state index contributed by atoms with van der Waals surface area (Å²) in [6.07, 6.45) is 2.44. The third-order valence-electron chi connectivity index (χ3n) is 2.69. The van der Waals surface area contributed by atoms with Crippen molar-refractivity contribution in [3.8, 4) is 10.7 Å². The molecule has 0 saturated heterocycles. The lowest BCUT2D eigenvalue weighted by molar-refractivity contribution is 0.985. The van der Waals surface area contributed by atoms with E-state index in [1.54, 1.807) is 11.3 Å². The molecule has 2 heterocycles. The molecule has 0 aromatic carbocycles. The Morgan fingerprint density at radius 2 is 2.18 bits per heavy atom. The van der Waals surface area contributed by atoms with Crippen LogP contribution in [0.4, 0.5) is 5.82 Å². The minimum Gasteiger partial charge on any atom is -0.383 e. The van der Waals surface area contributed by atoms with Crippen LogP contribution >= 0.6 is 49.9 Å². The molecule has 6 heteroatoms. The molecule has 0 radical (unpaired) electrons. The number of hydrogen-bond donors (Lipinski definition) is 1. The van der Waals surface area contributed by atoms with Crippen molar-refractivity contribution < 1.29 is 0 Å². The second kappa shape index (κ2) is 4.47. The molecular formula is C11H9BrIN3S. The van der Waals surface area contributed by atoms with E-state index in [1.165, 1.54) is 12.8 Å². The van der Waals surface area contributed by atoms with Crippen molar-refractivity contribution in [1.82, 2.24) is 9.97 Å². The number of nitrogens with two attached hydrogens (primary N) is 1. The van der Waals surface area contributed by atoms with Gasteiger partial charge in [0.25, 0.3) is 0 Å². The molecule has 2 aromatic heterocycles. The lowest BCUT2D eigenvalue weighted by Crippen LogP contribution is -2.03. The van der Waals surface area contributed by atoms with Gasteiger partial charge in [-0.25, -0.2) is 9.97 Å². The lowest BCUT2D eigenvalue weighted by atomic mass is 10.2. The smallest absolute Gasteiger partial charge is 0.173 e. The molecule has 88 valence electrons. The van der Waals surface area contributed by atoms with E-state index in [4.69, 9.17) is 5.73 Å². The molecular weight excluding hydrogens is 413 g/mol. The van der Waals surface area contributed by atoms with Crippen molar-refractivity contribution in [1.29, 1.82) is 0 Å². The maximum atomic E-state index is 5.97. The number of hydrogen-bond acceptors (Lipinski definition) is 4. The highest BCUT2D eigenvalue weighted by Gasteiger charge is 2.29. The van der Waals surface area contributed by atoms with E-state index in [9.17, 15) is 0 Å². The maximum Gasteiger partial charge on any atom is 0.173 e. The van der Waals surface area contributed by atoms with Crippen molar-refractivity contribution in [2.45, 2.75) is 18.8 Å². The molecule has 2 N–H and O–H groups in total. The highest BCUT2D eigenvalue weighted by molar-refractivity contribution is 14.1. The Hall–Kier alpha value is -0.210. The summed E-state index contributed by atoms with van der Waals surface area (Å²) in [7, 11) is 0. The quantitative estimate of drug-likeness (QED) is 0.744. The monoisotopic (exact) mass is 421 g/mol. The van der Waals surface area contributed by atoms with Gasteiger partial charge in [0.1, 0.15) is 5.82 Å². The fourth-order valence-electron chi connectivity index (χ4n) is 1.66. The number of halogens is 2. The zero-order valence-corrected chi connectivity index (χ0v) is 13.3. The van der Waals surface area contributed by atoms with Crippen molar-refractivity contribution in [2.75, 3.05) is 5.73 Å². The minimum atomic E-state index is 0.588. The Morgan fingerprint density at radius 3 is 2.76 bits per heavy atom. The first-order valence-corrected chi connectivity index (χ1v) is 7.98. The van der Waals surface area contributed by atoms with Gasteiger partial charge in [0.15, 0.2) is 5.82 Å². The summed E-state index contributed by atoms with van der Waals surface area (Å²) in [6, 6.07) is 2.01. The Balaban J connectivity index is 2.15. The van der Waals surface area contributed by atoms with Crippen LogP contribution in [0.2, 0.25) is 0 Å². The van der Waals surface area contributed by atoms with Gasteiger partial charge in [0, 0.05) is 10.4 Å². The van der Waals surface area contributed by atoms with Gasteiger partial charge in [0.2, 0.25) is 0 Å².